The van der Waals surface area contributed by atoms with Crippen LogP contribution in [0.3, 0.4) is 0 Å². The van der Waals surface area contributed by atoms with Gasteiger partial charge in [-0.05, 0) is 44.6 Å². The van der Waals surface area contributed by atoms with E-state index in [0.717, 1.165) is 11.0 Å². The summed E-state index contributed by atoms with van der Waals surface area (Å²) in [5.74, 6) is 2.25. The number of hydrogen-bond acceptors (Lipinski definition) is 3. The maximum absolute atomic E-state index is 6.06. The Hall–Kier alpha value is -1.68. The molecule has 0 N–H and O–H groups in total. The maximum Gasteiger partial charge on any atom is 0.299 e. The van der Waals surface area contributed by atoms with Gasteiger partial charge in [-0.15, -0.1) is 0 Å². The molecule has 4 heteroatoms. The zero-order chi connectivity index (χ0) is 17.3. The molecule has 24 heavy (non-hydrogen) atoms. The Balaban J connectivity index is 1.88. The molecule has 4 rings (SSSR count). The minimum atomic E-state index is 0.137. The number of hydrogen-bond donors (Lipinski definition) is 0. The first kappa shape index (κ1) is 15.8. The Morgan fingerprint density at radius 2 is 1.88 bits per heavy atom. The summed E-state index contributed by atoms with van der Waals surface area (Å²) in [5.41, 5.74) is 2.41. The normalized spacial score (nSPS) is 25.5. The zero-order valence-electron chi connectivity index (χ0n) is 15.6. The summed E-state index contributed by atoms with van der Waals surface area (Å²) >= 11 is 0. The van der Waals surface area contributed by atoms with E-state index in [9.17, 15) is 0 Å². The summed E-state index contributed by atoms with van der Waals surface area (Å²) in [4.78, 5) is 2.43. The highest BCUT2D eigenvalue weighted by Gasteiger charge is 2.51. The monoisotopic (exact) mass is 322 g/mol. The van der Waals surface area contributed by atoms with Crippen molar-refractivity contribution in [2.75, 3.05) is 0 Å². The fourth-order valence-electron chi connectivity index (χ4n) is 4.86. The Kier molecular flexibility index (Phi) is 3.24. The third-order valence-corrected chi connectivity index (χ3v) is 5.99. The van der Waals surface area contributed by atoms with Gasteiger partial charge in [0.25, 0.3) is 6.85 Å². The van der Waals surface area contributed by atoms with E-state index < -0.39 is 0 Å². The molecule has 0 radical (unpaired) electrons. The first-order chi connectivity index (χ1) is 11.2. The lowest BCUT2D eigenvalue weighted by molar-refractivity contribution is 0.00245. The summed E-state index contributed by atoms with van der Waals surface area (Å²) < 4.78 is 6.06. The summed E-state index contributed by atoms with van der Waals surface area (Å²) in [5, 5.41) is 4.99. The van der Waals surface area contributed by atoms with Crippen LogP contribution in [-0.2, 0) is 0 Å². The minimum absolute atomic E-state index is 0.137. The molecule has 0 unspecified atom stereocenters. The highest BCUT2D eigenvalue weighted by atomic mass is 16.3. The topological polar surface area (TPSA) is 19.6 Å². The quantitative estimate of drug-likeness (QED) is 0.752. The van der Waals surface area contributed by atoms with Crippen molar-refractivity contribution in [1.29, 1.82) is 0 Å². The molecular weight excluding hydrogens is 295 g/mol. The number of fused-ring (bicyclic) bond motifs is 3. The first-order valence-corrected chi connectivity index (χ1v) is 8.99. The van der Waals surface area contributed by atoms with Gasteiger partial charge in [-0.25, -0.2) is 5.01 Å². The summed E-state index contributed by atoms with van der Waals surface area (Å²) in [6, 6.07) is 8.81. The van der Waals surface area contributed by atoms with Crippen LogP contribution >= 0.6 is 0 Å². The predicted molar refractivity (Wildman–Crippen MR) is 102 cm³/mol. The number of rotatable bonds is 1. The predicted octanol–water partition coefficient (Wildman–Crippen LogP) is 3.24. The molecule has 126 valence electrons. The molecule has 2 aromatic rings. The molecule has 1 aromatic heterocycles. The molecule has 1 saturated heterocycles. The summed E-state index contributed by atoms with van der Waals surface area (Å²) in [6.45, 7) is 14.4. The smallest absolute Gasteiger partial charge is 0.299 e. The SMILES string of the molecule is CB1C=c2oc3ccccc3c2=CN1N1[C@@H](C)C(C)(C)CC1(C)C. The van der Waals surface area contributed by atoms with Crippen LogP contribution in [0.25, 0.3) is 23.1 Å². The summed E-state index contributed by atoms with van der Waals surface area (Å²) in [6.07, 6.45) is 3.49. The van der Waals surface area contributed by atoms with Crippen molar-refractivity contribution < 1.29 is 4.42 Å². The molecule has 3 heterocycles. The van der Waals surface area contributed by atoms with Crippen molar-refractivity contribution in [2.24, 2.45) is 5.41 Å². The van der Waals surface area contributed by atoms with E-state index in [2.05, 4.69) is 81.7 Å². The average molecular weight is 322 g/mol. The number of furan rings is 1. The van der Waals surface area contributed by atoms with Gasteiger partial charge in [0.05, 0.1) is 0 Å². The van der Waals surface area contributed by atoms with Crippen molar-refractivity contribution in [3.05, 3.63) is 34.9 Å². The minimum Gasteiger partial charge on any atom is -0.457 e. The van der Waals surface area contributed by atoms with Crippen molar-refractivity contribution in [3.63, 3.8) is 0 Å². The maximum atomic E-state index is 6.06. The van der Waals surface area contributed by atoms with Gasteiger partial charge >= 0.3 is 0 Å². The van der Waals surface area contributed by atoms with Gasteiger partial charge in [0, 0.05) is 28.4 Å². The van der Waals surface area contributed by atoms with Crippen molar-refractivity contribution in [3.8, 4) is 0 Å². The zero-order valence-corrected chi connectivity index (χ0v) is 15.6. The molecule has 0 aliphatic carbocycles. The average Bonchev–Trinajstić information content (AvgIpc) is 2.90. The van der Waals surface area contributed by atoms with Gasteiger partial charge in [-0.3, -0.25) is 0 Å². The highest BCUT2D eigenvalue weighted by Crippen LogP contribution is 2.47. The first-order valence-electron chi connectivity index (χ1n) is 8.99. The molecule has 0 saturated carbocycles. The lowest BCUT2D eigenvalue weighted by atomic mass is 9.63. The van der Waals surface area contributed by atoms with Gasteiger partial charge in [-0.1, -0.05) is 38.9 Å². The van der Waals surface area contributed by atoms with E-state index in [1.807, 2.05) is 6.07 Å². The van der Waals surface area contributed by atoms with Crippen LogP contribution in [0.15, 0.2) is 28.7 Å². The number of hydrazine groups is 1. The van der Waals surface area contributed by atoms with E-state index in [1.165, 1.54) is 17.0 Å². The molecule has 0 bridgehead atoms. The van der Waals surface area contributed by atoms with Crippen LogP contribution < -0.4 is 10.6 Å². The summed E-state index contributed by atoms with van der Waals surface area (Å²) in [7, 11) is 0. The Morgan fingerprint density at radius 3 is 2.54 bits per heavy atom. The second kappa shape index (κ2) is 4.92. The van der Waals surface area contributed by atoms with Crippen molar-refractivity contribution in [2.45, 2.75) is 59.4 Å². The van der Waals surface area contributed by atoms with E-state index in [-0.39, 0.29) is 12.4 Å². The largest absolute Gasteiger partial charge is 0.457 e. The molecule has 1 aromatic carbocycles. The van der Waals surface area contributed by atoms with E-state index in [1.54, 1.807) is 0 Å². The second-order valence-corrected chi connectivity index (χ2v) is 8.79. The molecule has 0 amide bonds. The van der Waals surface area contributed by atoms with Gasteiger partial charge in [-0.2, -0.15) is 0 Å². The number of nitrogens with zero attached hydrogens (tertiary/aromatic N) is 2. The van der Waals surface area contributed by atoms with Crippen LogP contribution in [-0.4, -0.2) is 28.4 Å². The molecule has 2 aliphatic heterocycles. The molecule has 0 spiro atoms. The second-order valence-electron chi connectivity index (χ2n) is 8.79. The van der Waals surface area contributed by atoms with Crippen LogP contribution in [0, 0.1) is 5.41 Å². The van der Waals surface area contributed by atoms with E-state index in [4.69, 9.17) is 4.42 Å². The van der Waals surface area contributed by atoms with Gasteiger partial charge in [0.15, 0.2) is 0 Å². The standard InChI is InChI=1S/C20H27BN2O/c1-14-19(2,3)13-20(4,5)23(14)22-12-16-15-9-7-8-10-17(15)24-18(16)11-21(22)6/h7-12,14H,13H2,1-6H3/t14-/m0/s1. The highest BCUT2D eigenvalue weighted by molar-refractivity contribution is 6.70. The van der Waals surface area contributed by atoms with Crippen molar-refractivity contribution >= 4 is 30.0 Å². The molecule has 1 atom stereocenters. The van der Waals surface area contributed by atoms with Gasteiger partial charge < -0.3 is 9.34 Å². The van der Waals surface area contributed by atoms with Crippen molar-refractivity contribution in [1.82, 2.24) is 9.93 Å². The molecular formula is C20H27BN2O. The van der Waals surface area contributed by atoms with Crippen LogP contribution in [0.4, 0.5) is 0 Å². The fraction of sp³-hybridized carbons (Fsp3) is 0.500. The van der Waals surface area contributed by atoms with Crippen LogP contribution in [0.5, 0.6) is 0 Å². The fourth-order valence-corrected chi connectivity index (χ4v) is 4.86. The Morgan fingerprint density at radius 1 is 1.17 bits per heavy atom. The van der Waals surface area contributed by atoms with E-state index >= 15 is 0 Å². The van der Waals surface area contributed by atoms with Crippen LogP contribution in [0.2, 0.25) is 6.82 Å². The lowest BCUT2D eigenvalue weighted by Gasteiger charge is -2.46. The Labute approximate surface area is 144 Å². The lowest BCUT2D eigenvalue weighted by Crippen LogP contribution is -2.58. The third-order valence-electron chi connectivity index (χ3n) is 5.99. The Bertz CT molecular complexity index is 911. The molecule has 1 fully saturated rings. The number of para-hydroxylation sites is 1. The van der Waals surface area contributed by atoms with E-state index in [0.29, 0.717) is 11.5 Å². The van der Waals surface area contributed by atoms with Crippen LogP contribution in [0.1, 0.15) is 41.0 Å². The molecule has 3 nitrogen and oxygen atoms in total. The third kappa shape index (κ3) is 2.16. The molecule has 2 aliphatic rings. The number of benzene rings is 1. The van der Waals surface area contributed by atoms with Gasteiger partial charge in [0.2, 0.25) is 0 Å². The van der Waals surface area contributed by atoms with Gasteiger partial charge in [0.1, 0.15) is 11.0 Å².